The van der Waals surface area contributed by atoms with E-state index in [1.54, 1.807) is 10.6 Å². The van der Waals surface area contributed by atoms with Crippen LogP contribution in [0.2, 0.25) is 0 Å². The summed E-state index contributed by atoms with van der Waals surface area (Å²) in [6.45, 7) is 4.04. The number of methoxy groups -OCH3 is 1. The maximum Gasteiger partial charge on any atom is 0.205 e. The SMILES string of the molecule is COc1cc2c(cc1F)nc(N)n2-c1cc(C)cc(C)c1. The fourth-order valence-corrected chi connectivity index (χ4v) is 2.61. The molecule has 0 atom stereocenters. The van der Waals surface area contributed by atoms with Crippen LogP contribution in [0.25, 0.3) is 16.7 Å². The number of hydrogen-bond donors (Lipinski definition) is 1. The number of aryl methyl sites for hydroxylation is 2. The number of anilines is 1. The van der Waals surface area contributed by atoms with E-state index in [9.17, 15) is 4.39 Å². The smallest absolute Gasteiger partial charge is 0.205 e. The van der Waals surface area contributed by atoms with E-state index in [-0.39, 0.29) is 5.75 Å². The highest BCUT2D eigenvalue weighted by atomic mass is 19.1. The third-order valence-corrected chi connectivity index (χ3v) is 3.42. The lowest BCUT2D eigenvalue weighted by Gasteiger charge is -2.10. The molecule has 0 saturated heterocycles. The Balaban J connectivity index is 2.33. The second kappa shape index (κ2) is 4.77. The lowest BCUT2D eigenvalue weighted by molar-refractivity contribution is 0.387. The van der Waals surface area contributed by atoms with E-state index in [4.69, 9.17) is 10.5 Å². The first kappa shape index (κ1) is 13.4. The molecule has 3 aromatic rings. The van der Waals surface area contributed by atoms with Crippen molar-refractivity contribution in [2.45, 2.75) is 13.8 Å². The number of fused-ring (bicyclic) bond motifs is 1. The van der Waals surface area contributed by atoms with Gasteiger partial charge in [0.15, 0.2) is 11.6 Å². The van der Waals surface area contributed by atoms with E-state index < -0.39 is 5.82 Å². The minimum atomic E-state index is -0.449. The molecule has 4 nitrogen and oxygen atoms in total. The van der Waals surface area contributed by atoms with E-state index in [1.807, 2.05) is 26.0 Å². The van der Waals surface area contributed by atoms with Crippen molar-refractivity contribution < 1.29 is 9.13 Å². The molecule has 5 heteroatoms. The molecule has 0 aliphatic carbocycles. The summed E-state index contributed by atoms with van der Waals surface area (Å²) in [5.41, 5.74) is 10.4. The molecule has 0 saturated carbocycles. The highest BCUT2D eigenvalue weighted by molar-refractivity contribution is 5.82. The van der Waals surface area contributed by atoms with Crippen molar-refractivity contribution in [1.29, 1.82) is 0 Å². The average Bonchev–Trinajstić information content (AvgIpc) is 2.71. The Kier molecular flexibility index (Phi) is 3.05. The molecule has 0 radical (unpaired) electrons. The molecule has 108 valence electrons. The van der Waals surface area contributed by atoms with E-state index >= 15 is 0 Å². The summed E-state index contributed by atoms with van der Waals surface area (Å²) in [7, 11) is 1.44. The second-order valence-electron chi connectivity index (χ2n) is 5.13. The summed E-state index contributed by atoms with van der Waals surface area (Å²) in [5, 5.41) is 0. The van der Waals surface area contributed by atoms with E-state index in [0.29, 0.717) is 11.5 Å². The average molecular weight is 285 g/mol. The maximum absolute atomic E-state index is 13.8. The molecule has 2 aromatic carbocycles. The number of hydrogen-bond acceptors (Lipinski definition) is 3. The number of halogens is 1. The van der Waals surface area contributed by atoms with E-state index in [0.717, 1.165) is 22.3 Å². The van der Waals surface area contributed by atoms with Gasteiger partial charge in [-0.15, -0.1) is 0 Å². The molecule has 0 bridgehead atoms. The quantitative estimate of drug-likeness (QED) is 0.785. The summed E-state index contributed by atoms with van der Waals surface area (Å²) in [5.74, 6) is 0.0470. The molecule has 1 aromatic heterocycles. The van der Waals surface area contributed by atoms with Crippen LogP contribution >= 0.6 is 0 Å². The summed E-state index contributed by atoms with van der Waals surface area (Å²) in [4.78, 5) is 4.23. The lowest BCUT2D eigenvalue weighted by atomic mass is 10.1. The molecule has 1 heterocycles. The first-order valence-corrected chi connectivity index (χ1v) is 6.59. The van der Waals surface area contributed by atoms with Gasteiger partial charge in [0.25, 0.3) is 0 Å². The molecule has 0 spiro atoms. The van der Waals surface area contributed by atoms with Crippen LogP contribution in [0, 0.1) is 19.7 Å². The number of nitrogen functional groups attached to an aromatic ring is 1. The molecule has 2 N–H and O–H groups in total. The minimum absolute atomic E-state index is 0.174. The highest BCUT2D eigenvalue weighted by Crippen LogP contribution is 2.29. The second-order valence-corrected chi connectivity index (χ2v) is 5.13. The zero-order valence-electron chi connectivity index (χ0n) is 12.1. The van der Waals surface area contributed by atoms with Crippen molar-refractivity contribution in [1.82, 2.24) is 9.55 Å². The van der Waals surface area contributed by atoms with Crippen molar-refractivity contribution in [3.05, 3.63) is 47.3 Å². The predicted octanol–water partition coefficient (Wildman–Crippen LogP) is 3.37. The minimum Gasteiger partial charge on any atom is -0.494 e. The van der Waals surface area contributed by atoms with Gasteiger partial charge in [0, 0.05) is 17.8 Å². The first-order chi connectivity index (χ1) is 9.99. The summed E-state index contributed by atoms with van der Waals surface area (Å²) < 4.78 is 20.6. The Morgan fingerprint density at radius 3 is 2.38 bits per heavy atom. The van der Waals surface area contributed by atoms with Gasteiger partial charge in [-0.05, 0) is 37.1 Å². The molecule has 21 heavy (non-hydrogen) atoms. The molecule has 0 fully saturated rings. The van der Waals surface area contributed by atoms with Gasteiger partial charge >= 0.3 is 0 Å². The number of nitrogens with zero attached hydrogens (tertiary/aromatic N) is 2. The lowest BCUT2D eigenvalue weighted by Crippen LogP contribution is -2.01. The van der Waals surface area contributed by atoms with Crippen molar-refractivity contribution in [3.8, 4) is 11.4 Å². The Labute approximate surface area is 122 Å². The van der Waals surface area contributed by atoms with Gasteiger partial charge in [-0.2, -0.15) is 0 Å². The van der Waals surface area contributed by atoms with E-state index in [1.165, 1.54) is 13.2 Å². The summed E-state index contributed by atoms with van der Waals surface area (Å²) >= 11 is 0. The number of imidazole rings is 1. The molecular weight excluding hydrogens is 269 g/mol. The Bertz CT molecular complexity index is 819. The molecule has 0 unspecified atom stereocenters. The normalized spacial score (nSPS) is 11.0. The number of nitrogens with two attached hydrogens (primary N) is 1. The molecule has 0 amide bonds. The van der Waals surface area contributed by atoms with Crippen LogP contribution in [0.1, 0.15) is 11.1 Å². The molecule has 3 rings (SSSR count). The number of aromatic nitrogens is 2. The van der Waals surface area contributed by atoms with Crippen LogP contribution in [0.15, 0.2) is 30.3 Å². The van der Waals surface area contributed by atoms with Gasteiger partial charge in [0.05, 0.1) is 18.1 Å². The Morgan fingerprint density at radius 2 is 1.76 bits per heavy atom. The van der Waals surface area contributed by atoms with Gasteiger partial charge in [-0.25, -0.2) is 9.37 Å². The molecular formula is C16H16FN3O. The van der Waals surface area contributed by atoms with Crippen LogP contribution < -0.4 is 10.5 Å². The van der Waals surface area contributed by atoms with Crippen molar-refractivity contribution in [2.24, 2.45) is 0 Å². The van der Waals surface area contributed by atoms with Crippen LogP contribution in [-0.4, -0.2) is 16.7 Å². The topological polar surface area (TPSA) is 53.1 Å². The summed E-state index contributed by atoms with van der Waals surface area (Å²) in [6, 6.07) is 9.06. The molecule has 0 aliphatic heterocycles. The molecule has 0 aliphatic rings. The fraction of sp³-hybridized carbons (Fsp3) is 0.188. The van der Waals surface area contributed by atoms with Crippen molar-refractivity contribution in [3.63, 3.8) is 0 Å². The van der Waals surface area contributed by atoms with Gasteiger partial charge in [-0.1, -0.05) is 6.07 Å². The van der Waals surface area contributed by atoms with Crippen LogP contribution in [0.4, 0.5) is 10.3 Å². The van der Waals surface area contributed by atoms with Crippen LogP contribution in [0.5, 0.6) is 5.75 Å². The summed E-state index contributed by atoms with van der Waals surface area (Å²) in [6.07, 6.45) is 0. The van der Waals surface area contributed by atoms with Crippen molar-refractivity contribution in [2.75, 3.05) is 12.8 Å². The monoisotopic (exact) mass is 285 g/mol. The Morgan fingerprint density at radius 1 is 1.10 bits per heavy atom. The number of benzene rings is 2. The van der Waals surface area contributed by atoms with Gasteiger partial charge < -0.3 is 10.5 Å². The number of rotatable bonds is 2. The van der Waals surface area contributed by atoms with Gasteiger partial charge in [0.2, 0.25) is 5.95 Å². The van der Waals surface area contributed by atoms with Crippen molar-refractivity contribution >= 4 is 17.0 Å². The Hall–Kier alpha value is -2.56. The van der Waals surface area contributed by atoms with Gasteiger partial charge in [-0.3, -0.25) is 4.57 Å². The zero-order valence-corrected chi connectivity index (χ0v) is 12.1. The predicted molar refractivity (Wildman–Crippen MR) is 81.5 cm³/mol. The largest absolute Gasteiger partial charge is 0.494 e. The highest BCUT2D eigenvalue weighted by Gasteiger charge is 2.14. The number of ether oxygens (including phenoxy) is 1. The maximum atomic E-state index is 13.8. The van der Waals surface area contributed by atoms with Crippen LogP contribution in [-0.2, 0) is 0 Å². The standard InChI is InChI=1S/C16H16FN3O/c1-9-4-10(2)6-11(5-9)20-14-8-15(21-3)12(17)7-13(14)19-16(20)18/h4-8H,1-3H3,(H2,18,19). The van der Waals surface area contributed by atoms with E-state index in [2.05, 4.69) is 11.1 Å². The fourth-order valence-electron chi connectivity index (χ4n) is 2.61. The third kappa shape index (κ3) is 2.20. The zero-order chi connectivity index (χ0) is 15.1. The first-order valence-electron chi connectivity index (χ1n) is 6.59. The van der Waals surface area contributed by atoms with Crippen LogP contribution in [0.3, 0.4) is 0 Å². The van der Waals surface area contributed by atoms with Gasteiger partial charge in [0.1, 0.15) is 0 Å². The third-order valence-electron chi connectivity index (χ3n) is 3.42.